The summed E-state index contributed by atoms with van der Waals surface area (Å²) in [7, 11) is 0. The van der Waals surface area contributed by atoms with Crippen LogP contribution in [0.4, 0.5) is 11.4 Å². The summed E-state index contributed by atoms with van der Waals surface area (Å²) in [5, 5.41) is 0. The SMILES string of the molecule is Nc1ccnc(C2=CCOCC2)c1N. The van der Waals surface area contributed by atoms with E-state index in [-0.39, 0.29) is 0 Å². The number of hydrogen-bond donors (Lipinski definition) is 2. The van der Waals surface area contributed by atoms with Crippen LogP contribution in [0.2, 0.25) is 0 Å². The maximum absolute atomic E-state index is 5.84. The molecule has 1 aromatic heterocycles. The zero-order chi connectivity index (χ0) is 9.97. The highest BCUT2D eigenvalue weighted by Gasteiger charge is 2.11. The summed E-state index contributed by atoms with van der Waals surface area (Å²) in [5.74, 6) is 0. The van der Waals surface area contributed by atoms with Gasteiger partial charge in [-0.25, -0.2) is 0 Å². The summed E-state index contributed by atoms with van der Waals surface area (Å²) in [5.41, 5.74) is 14.6. The Hall–Kier alpha value is -1.55. The van der Waals surface area contributed by atoms with E-state index in [0.717, 1.165) is 24.3 Å². The lowest BCUT2D eigenvalue weighted by molar-refractivity contribution is 0.161. The molecule has 1 aromatic rings. The van der Waals surface area contributed by atoms with E-state index in [1.54, 1.807) is 12.3 Å². The first-order chi connectivity index (χ1) is 6.79. The van der Waals surface area contributed by atoms with Crippen molar-refractivity contribution in [1.82, 2.24) is 4.98 Å². The van der Waals surface area contributed by atoms with Gasteiger partial charge in [-0.1, -0.05) is 6.08 Å². The van der Waals surface area contributed by atoms with E-state index in [0.29, 0.717) is 18.0 Å². The molecule has 4 nitrogen and oxygen atoms in total. The largest absolute Gasteiger partial charge is 0.397 e. The van der Waals surface area contributed by atoms with Gasteiger partial charge in [-0.2, -0.15) is 0 Å². The smallest absolute Gasteiger partial charge is 0.0910 e. The Morgan fingerprint density at radius 2 is 2.21 bits per heavy atom. The first-order valence-electron chi connectivity index (χ1n) is 4.56. The summed E-state index contributed by atoms with van der Waals surface area (Å²) in [6.07, 6.45) is 4.53. The van der Waals surface area contributed by atoms with Crippen molar-refractivity contribution in [3.8, 4) is 0 Å². The van der Waals surface area contributed by atoms with Crippen LogP contribution in [-0.4, -0.2) is 18.2 Å². The highest BCUT2D eigenvalue weighted by molar-refractivity contribution is 5.79. The molecule has 0 saturated carbocycles. The molecule has 1 aliphatic heterocycles. The molecule has 0 fully saturated rings. The fourth-order valence-corrected chi connectivity index (χ4v) is 1.49. The molecular formula is C10H13N3O. The van der Waals surface area contributed by atoms with Gasteiger partial charge >= 0.3 is 0 Å². The lowest BCUT2D eigenvalue weighted by atomic mass is 10.1. The average molecular weight is 191 g/mol. The van der Waals surface area contributed by atoms with Crippen molar-refractivity contribution < 1.29 is 4.74 Å². The Balaban J connectivity index is 2.40. The second-order valence-electron chi connectivity index (χ2n) is 3.22. The molecule has 0 saturated heterocycles. The molecular weight excluding hydrogens is 178 g/mol. The fourth-order valence-electron chi connectivity index (χ4n) is 1.49. The number of nitrogens with two attached hydrogens (primary N) is 2. The van der Waals surface area contributed by atoms with Crippen molar-refractivity contribution in [3.05, 3.63) is 24.0 Å². The van der Waals surface area contributed by atoms with Gasteiger partial charge in [0.2, 0.25) is 0 Å². The Morgan fingerprint density at radius 3 is 2.93 bits per heavy atom. The summed E-state index contributed by atoms with van der Waals surface area (Å²) in [6.45, 7) is 1.35. The van der Waals surface area contributed by atoms with Crippen molar-refractivity contribution in [3.63, 3.8) is 0 Å². The van der Waals surface area contributed by atoms with Crippen LogP contribution in [0.15, 0.2) is 18.3 Å². The molecule has 4 heteroatoms. The van der Waals surface area contributed by atoms with Gasteiger partial charge in [0.15, 0.2) is 0 Å². The van der Waals surface area contributed by atoms with E-state index in [2.05, 4.69) is 4.98 Å². The zero-order valence-electron chi connectivity index (χ0n) is 7.86. The normalized spacial score (nSPS) is 16.4. The van der Waals surface area contributed by atoms with Gasteiger partial charge in [0.25, 0.3) is 0 Å². The Labute approximate surface area is 82.6 Å². The van der Waals surface area contributed by atoms with Crippen molar-refractivity contribution >= 4 is 16.9 Å². The minimum atomic E-state index is 0.570. The molecule has 0 atom stereocenters. The van der Waals surface area contributed by atoms with E-state index in [4.69, 9.17) is 16.2 Å². The van der Waals surface area contributed by atoms with Crippen molar-refractivity contribution in [2.24, 2.45) is 0 Å². The molecule has 0 aliphatic carbocycles. The lowest BCUT2D eigenvalue weighted by Gasteiger charge is -2.15. The lowest BCUT2D eigenvalue weighted by Crippen LogP contribution is -2.08. The molecule has 0 spiro atoms. The molecule has 14 heavy (non-hydrogen) atoms. The second-order valence-corrected chi connectivity index (χ2v) is 3.22. The van der Waals surface area contributed by atoms with E-state index < -0.39 is 0 Å². The van der Waals surface area contributed by atoms with Gasteiger partial charge in [-0.3, -0.25) is 4.98 Å². The number of aromatic nitrogens is 1. The third-order valence-electron chi connectivity index (χ3n) is 2.29. The van der Waals surface area contributed by atoms with Crippen LogP contribution < -0.4 is 11.5 Å². The molecule has 4 N–H and O–H groups in total. The van der Waals surface area contributed by atoms with Crippen LogP contribution in [0, 0.1) is 0 Å². The molecule has 0 bridgehead atoms. The molecule has 0 aromatic carbocycles. The standard InChI is InChI=1S/C10H13N3O/c11-8-1-4-13-10(9(8)12)7-2-5-14-6-3-7/h1-2,4H,3,5-6,12H2,(H2,11,13). The fraction of sp³-hybridized carbons (Fsp3) is 0.300. The quantitative estimate of drug-likeness (QED) is 0.695. The van der Waals surface area contributed by atoms with Crippen LogP contribution >= 0.6 is 0 Å². The Kier molecular flexibility index (Phi) is 2.37. The topological polar surface area (TPSA) is 74.2 Å². The molecule has 74 valence electrons. The maximum Gasteiger partial charge on any atom is 0.0910 e. The third kappa shape index (κ3) is 1.56. The highest BCUT2D eigenvalue weighted by atomic mass is 16.5. The first-order valence-corrected chi connectivity index (χ1v) is 4.56. The predicted molar refractivity (Wildman–Crippen MR) is 56.5 cm³/mol. The van der Waals surface area contributed by atoms with Gasteiger partial charge in [0.05, 0.1) is 30.3 Å². The van der Waals surface area contributed by atoms with Crippen molar-refractivity contribution in [2.45, 2.75) is 6.42 Å². The van der Waals surface area contributed by atoms with Gasteiger partial charge in [0, 0.05) is 6.20 Å². The van der Waals surface area contributed by atoms with Crippen LogP contribution in [-0.2, 0) is 4.74 Å². The van der Waals surface area contributed by atoms with Crippen molar-refractivity contribution in [1.29, 1.82) is 0 Å². The van der Waals surface area contributed by atoms with E-state index in [1.165, 1.54) is 0 Å². The summed E-state index contributed by atoms with van der Waals surface area (Å²) >= 11 is 0. The minimum absolute atomic E-state index is 0.570. The maximum atomic E-state index is 5.84. The minimum Gasteiger partial charge on any atom is -0.397 e. The Morgan fingerprint density at radius 1 is 1.36 bits per heavy atom. The summed E-state index contributed by atoms with van der Waals surface area (Å²) in [4.78, 5) is 4.23. The number of nitrogens with zero attached hydrogens (tertiary/aromatic N) is 1. The van der Waals surface area contributed by atoms with Gasteiger partial charge in [-0.05, 0) is 18.1 Å². The van der Waals surface area contributed by atoms with Crippen LogP contribution in [0.1, 0.15) is 12.1 Å². The zero-order valence-corrected chi connectivity index (χ0v) is 7.86. The van der Waals surface area contributed by atoms with E-state index in [9.17, 15) is 0 Å². The number of rotatable bonds is 1. The number of anilines is 2. The van der Waals surface area contributed by atoms with Crippen LogP contribution in [0.25, 0.3) is 5.57 Å². The summed E-state index contributed by atoms with van der Waals surface area (Å²) < 4.78 is 5.22. The summed E-state index contributed by atoms with van der Waals surface area (Å²) in [6, 6.07) is 1.71. The molecule has 2 rings (SSSR count). The highest BCUT2D eigenvalue weighted by Crippen LogP contribution is 2.27. The number of hydrogen-bond acceptors (Lipinski definition) is 4. The van der Waals surface area contributed by atoms with Crippen LogP contribution in [0.5, 0.6) is 0 Å². The van der Waals surface area contributed by atoms with Crippen LogP contribution in [0.3, 0.4) is 0 Å². The first kappa shape index (κ1) is 9.02. The average Bonchev–Trinajstić information content (AvgIpc) is 2.23. The molecule has 0 radical (unpaired) electrons. The van der Waals surface area contributed by atoms with Gasteiger partial charge in [0.1, 0.15) is 0 Å². The molecule has 1 aliphatic rings. The Bertz CT molecular complexity index is 374. The predicted octanol–water partition coefficient (Wildman–Crippen LogP) is 1.05. The van der Waals surface area contributed by atoms with Gasteiger partial charge in [-0.15, -0.1) is 0 Å². The monoisotopic (exact) mass is 191 g/mol. The van der Waals surface area contributed by atoms with Crippen molar-refractivity contribution in [2.75, 3.05) is 24.7 Å². The van der Waals surface area contributed by atoms with E-state index in [1.807, 2.05) is 6.08 Å². The number of nitrogen functional groups attached to an aromatic ring is 2. The number of ether oxygens (including phenoxy) is 1. The molecule has 0 amide bonds. The van der Waals surface area contributed by atoms with E-state index >= 15 is 0 Å². The van der Waals surface area contributed by atoms with Gasteiger partial charge < -0.3 is 16.2 Å². The molecule has 2 heterocycles. The third-order valence-corrected chi connectivity index (χ3v) is 2.29. The molecule has 0 unspecified atom stereocenters. The second kappa shape index (κ2) is 3.67. The number of pyridine rings is 1.